The van der Waals surface area contributed by atoms with Crippen molar-refractivity contribution in [1.29, 1.82) is 5.41 Å². The number of nitrogens with two attached hydrogens (primary N) is 1. The Morgan fingerprint density at radius 1 is 1.59 bits per heavy atom. The summed E-state index contributed by atoms with van der Waals surface area (Å²) >= 11 is 7.55. The van der Waals surface area contributed by atoms with Crippen molar-refractivity contribution >= 4 is 28.8 Å². The Labute approximate surface area is 111 Å². The van der Waals surface area contributed by atoms with Crippen molar-refractivity contribution in [2.24, 2.45) is 11.1 Å². The van der Waals surface area contributed by atoms with Crippen LogP contribution in [-0.2, 0) is 6.54 Å². The fourth-order valence-electron chi connectivity index (χ4n) is 2.30. The summed E-state index contributed by atoms with van der Waals surface area (Å²) in [4.78, 5) is 3.59. The van der Waals surface area contributed by atoms with E-state index < -0.39 is 0 Å². The summed E-state index contributed by atoms with van der Waals surface area (Å²) in [6, 6.07) is 4.02. The fraction of sp³-hybridized carbons (Fsp3) is 0.583. The topological polar surface area (TPSA) is 53.1 Å². The molecule has 1 aromatic rings. The number of halogens is 1. The van der Waals surface area contributed by atoms with Crippen molar-refractivity contribution in [3.8, 4) is 0 Å². The van der Waals surface area contributed by atoms with E-state index in [-0.39, 0.29) is 5.41 Å². The first-order valence-corrected chi connectivity index (χ1v) is 6.94. The Kier molecular flexibility index (Phi) is 3.76. The molecule has 0 unspecified atom stereocenters. The van der Waals surface area contributed by atoms with Gasteiger partial charge in [-0.3, -0.25) is 5.41 Å². The van der Waals surface area contributed by atoms with Gasteiger partial charge in [0.25, 0.3) is 0 Å². The van der Waals surface area contributed by atoms with E-state index in [1.165, 1.54) is 17.7 Å². The van der Waals surface area contributed by atoms with Gasteiger partial charge in [-0.2, -0.15) is 0 Å². The van der Waals surface area contributed by atoms with Gasteiger partial charge >= 0.3 is 0 Å². The lowest BCUT2D eigenvalue weighted by molar-refractivity contribution is 0.261. The number of hydrogen-bond acceptors (Lipinski definition) is 3. The van der Waals surface area contributed by atoms with Gasteiger partial charge in [0.2, 0.25) is 0 Å². The summed E-state index contributed by atoms with van der Waals surface area (Å²) in [5.41, 5.74) is 5.78. The largest absolute Gasteiger partial charge is 0.388 e. The van der Waals surface area contributed by atoms with Crippen molar-refractivity contribution in [2.45, 2.75) is 25.8 Å². The Bertz CT molecular complexity index is 412. The first-order chi connectivity index (χ1) is 7.99. The summed E-state index contributed by atoms with van der Waals surface area (Å²) in [7, 11) is 2.12. The van der Waals surface area contributed by atoms with Crippen LogP contribution in [0.15, 0.2) is 12.1 Å². The molecule has 3 N–H and O–H groups in total. The predicted octanol–water partition coefficient (Wildman–Crippen LogP) is 2.94. The van der Waals surface area contributed by atoms with Crippen LogP contribution in [0.1, 0.15) is 24.1 Å². The Balaban J connectivity index is 1.85. The predicted molar refractivity (Wildman–Crippen MR) is 73.9 cm³/mol. The number of amidine groups is 1. The molecule has 5 heteroatoms. The van der Waals surface area contributed by atoms with Crippen LogP contribution in [0, 0.1) is 10.8 Å². The van der Waals surface area contributed by atoms with Gasteiger partial charge in [-0.05, 0) is 37.4 Å². The van der Waals surface area contributed by atoms with Gasteiger partial charge in [-0.25, -0.2) is 0 Å². The van der Waals surface area contributed by atoms with Crippen LogP contribution in [0.2, 0.25) is 4.34 Å². The van der Waals surface area contributed by atoms with E-state index in [1.54, 1.807) is 11.3 Å². The molecule has 3 nitrogen and oxygen atoms in total. The van der Waals surface area contributed by atoms with Crippen LogP contribution in [0.25, 0.3) is 0 Å². The Morgan fingerprint density at radius 3 is 2.76 bits per heavy atom. The van der Waals surface area contributed by atoms with Gasteiger partial charge in [0.05, 0.1) is 10.2 Å². The van der Waals surface area contributed by atoms with Gasteiger partial charge in [-0.15, -0.1) is 11.3 Å². The molecule has 1 saturated carbocycles. The molecule has 94 valence electrons. The average Bonchev–Trinajstić information content (AvgIpc) is 2.80. The molecular formula is C12H18ClN3S. The van der Waals surface area contributed by atoms with Crippen molar-refractivity contribution in [3.05, 3.63) is 21.3 Å². The van der Waals surface area contributed by atoms with Crippen LogP contribution in [-0.4, -0.2) is 24.3 Å². The molecule has 1 aromatic heterocycles. The molecule has 17 heavy (non-hydrogen) atoms. The average molecular weight is 272 g/mol. The van der Waals surface area contributed by atoms with Crippen molar-refractivity contribution in [3.63, 3.8) is 0 Å². The standard InChI is InChI=1S/C12H18ClN3S/c1-16(7-9-2-3-10(13)17-9)8-12(4-5-12)6-11(14)15/h2-3H,4-8H2,1H3,(H3,14,15). The first-order valence-electron chi connectivity index (χ1n) is 5.75. The fourth-order valence-corrected chi connectivity index (χ4v) is 3.47. The van der Waals surface area contributed by atoms with Crippen LogP contribution >= 0.6 is 22.9 Å². The smallest absolute Gasteiger partial charge is 0.0931 e. The summed E-state index contributed by atoms with van der Waals surface area (Å²) in [6.07, 6.45) is 3.13. The third kappa shape index (κ3) is 3.69. The molecule has 1 fully saturated rings. The SMILES string of the molecule is CN(Cc1ccc(Cl)s1)CC1(CC(=N)N)CC1. The number of hydrogen-bond donors (Lipinski definition) is 2. The molecule has 1 aliphatic carbocycles. The molecule has 0 aromatic carbocycles. The maximum atomic E-state index is 7.40. The molecule has 2 rings (SSSR count). The van der Waals surface area contributed by atoms with Crippen molar-refractivity contribution in [1.82, 2.24) is 4.90 Å². The summed E-state index contributed by atoms with van der Waals surface area (Å²) in [5, 5.41) is 7.40. The van der Waals surface area contributed by atoms with E-state index in [0.29, 0.717) is 5.84 Å². The zero-order valence-electron chi connectivity index (χ0n) is 10.0. The van der Waals surface area contributed by atoms with E-state index in [0.717, 1.165) is 23.8 Å². The molecule has 0 aliphatic heterocycles. The Hall–Kier alpha value is -0.580. The zero-order chi connectivity index (χ0) is 12.5. The summed E-state index contributed by atoms with van der Waals surface area (Å²) < 4.78 is 0.846. The minimum absolute atomic E-state index is 0.279. The molecular weight excluding hydrogens is 254 g/mol. The normalized spacial score (nSPS) is 17.4. The first kappa shape index (κ1) is 12.9. The molecule has 1 heterocycles. The monoisotopic (exact) mass is 271 g/mol. The molecule has 0 radical (unpaired) electrons. The highest BCUT2D eigenvalue weighted by molar-refractivity contribution is 7.16. The second kappa shape index (κ2) is 4.96. The Morgan fingerprint density at radius 2 is 2.29 bits per heavy atom. The van der Waals surface area contributed by atoms with Gasteiger partial charge in [0, 0.05) is 24.4 Å². The number of nitrogens with one attached hydrogen (secondary N) is 1. The lowest BCUT2D eigenvalue weighted by Gasteiger charge is -2.22. The van der Waals surface area contributed by atoms with Gasteiger partial charge in [-0.1, -0.05) is 11.6 Å². The second-order valence-corrected chi connectivity index (χ2v) is 6.88. The minimum atomic E-state index is 0.279. The highest BCUT2D eigenvalue weighted by Gasteiger charge is 2.43. The van der Waals surface area contributed by atoms with E-state index in [9.17, 15) is 0 Å². The highest BCUT2D eigenvalue weighted by atomic mass is 35.5. The highest BCUT2D eigenvalue weighted by Crippen LogP contribution is 2.49. The third-order valence-corrected chi connectivity index (χ3v) is 4.40. The lowest BCUT2D eigenvalue weighted by atomic mass is 10.0. The van der Waals surface area contributed by atoms with E-state index in [2.05, 4.69) is 18.0 Å². The lowest BCUT2D eigenvalue weighted by Crippen LogP contribution is -2.29. The number of thiophene rings is 1. The molecule has 0 bridgehead atoms. The molecule has 0 saturated heterocycles. The summed E-state index contributed by atoms with van der Waals surface area (Å²) in [5.74, 6) is 0.315. The number of nitrogens with zero attached hydrogens (tertiary/aromatic N) is 1. The minimum Gasteiger partial charge on any atom is -0.388 e. The number of rotatable bonds is 6. The van der Waals surface area contributed by atoms with Gasteiger partial charge < -0.3 is 10.6 Å². The maximum Gasteiger partial charge on any atom is 0.0931 e. The second-order valence-electron chi connectivity index (χ2n) is 5.08. The van der Waals surface area contributed by atoms with Crippen LogP contribution in [0.5, 0.6) is 0 Å². The van der Waals surface area contributed by atoms with E-state index in [1.807, 2.05) is 6.07 Å². The van der Waals surface area contributed by atoms with Crippen LogP contribution in [0.3, 0.4) is 0 Å². The van der Waals surface area contributed by atoms with E-state index in [4.69, 9.17) is 22.7 Å². The van der Waals surface area contributed by atoms with Crippen molar-refractivity contribution in [2.75, 3.05) is 13.6 Å². The van der Waals surface area contributed by atoms with Gasteiger partial charge in [0.15, 0.2) is 0 Å². The zero-order valence-corrected chi connectivity index (χ0v) is 11.6. The third-order valence-electron chi connectivity index (χ3n) is 3.18. The molecule has 1 aliphatic rings. The molecule has 0 amide bonds. The van der Waals surface area contributed by atoms with Crippen molar-refractivity contribution < 1.29 is 0 Å². The maximum absolute atomic E-state index is 7.40. The van der Waals surface area contributed by atoms with Crippen LogP contribution in [0.4, 0.5) is 0 Å². The van der Waals surface area contributed by atoms with Gasteiger partial charge in [0.1, 0.15) is 0 Å². The van der Waals surface area contributed by atoms with E-state index >= 15 is 0 Å². The quantitative estimate of drug-likeness (QED) is 0.617. The molecule has 0 atom stereocenters. The molecule has 0 spiro atoms. The summed E-state index contributed by atoms with van der Waals surface area (Å²) in [6.45, 7) is 1.94. The van der Waals surface area contributed by atoms with Crippen LogP contribution < -0.4 is 5.73 Å².